The summed E-state index contributed by atoms with van der Waals surface area (Å²) in [6.45, 7) is 1.49. The number of nitrogens with zero attached hydrogens (tertiary/aromatic N) is 1. The average Bonchev–Trinajstić information content (AvgIpc) is 2.54. The number of halogens is 3. The number of alkyl halides is 3. The molecule has 120 valence electrons. The van der Waals surface area contributed by atoms with Crippen molar-refractivity contribution in [1.82, 2.24) is 0 Å². The number of hydrazone groups is 1. The molecule has 0 unspecified atom stereocenters. The molecule has 7 heteroatoms. The first-order chi connectivity index (χ1) is 10.8. The van der Waals surface area contributed by atoms with Crippen LogP contribution in [0.1, 0.15) is 22.8 Å². The molecule has 4 nitrogen and oxygen atoms in total. The summed E-state index contributed by atoms with van der Waals surface area (Å²) >= 11 is 0. The molecule has 2 rings (SSSR count). The summed E-state index contributed by atoms with van der Waals surface area (Å²) in [7, 11) is 0. The van der Waals surface area contributed by atoms with Crippen molar-refractivity contribution in [1.29, 1.82) is 0 Å². The fourth-order valence-corrected chi connectivity index (χ4v) is 1.79. The van der Waals surface area contributed by atoms with E-state index in [2.05, 4.69) is 5.10 Å². The van der Waals surface area contributed by atoms with Crippen LogP contribution in [0.3, 0.4) is 0 Å². The van der Waals surface area contributed by atoms with E-state index in [1.165, 1.54) is 43.3 Å². The summed E-state index contributed by atoms with van der Waals surface area (Å²) in [4.78, 5) is 11.8. The van der Waals surface area contributed by atoms with E-state index in [1.54, 1.807) is 0 Å². The Balaban J connectivity index is 2.11. The molecule has 0 aliphatic rings. The number of ketones is 1. The molecule has 2 aromatic rings. The van der Waals surface area contributed by atoms with Crippen LogP contribution >= 0.6 is 0 Å². The molecule has 0 fully saturated rings. The third kappa shape index (κ3) is 4.09. The number of carbonyl (C=O) groups is 1. The highest BCUT2D eigenvalue weighted by molar-refractivity contribution is 6.45. The third-order valence-corrected chi connectivity index (χ3v) is 3.06. The monoisotopic (exact) mass is 322 g/mol. The summed E-state index contributed by atoms with van der Waals surface area (Å²) in [5.74, 6) is 5.39. The van der Waals surface area contributed by atoms with Gasteiger partial charge in [-0.1, -0.05) is 0 Å². The molecule has 0 bridgehead atoms. The van der Waals surface area contributed by atoms with Crippen LogP contribution in [0.15, 0.2) is 53.6 Å². The molecule has 2 N–H and O–H groups in total. The number of benzene rings is 2. The van der Waals surface area contributed by atoms with Gasteiger partial charge in [0, 0.05) is 5.56 Å². The molecule has 0 amide bonds. The van der Waals surface area contributed by atoms with Crippen molar-refractivity contribution in [3.8, 4) is 11.5 Å². The Morgan fingerprint density at radius 2 is 1.48 bits per heavy atom. The number of rotatable bonds is 4. The lowest BCUT2D eigenvalue weighted by atomic mass is 10.1. The van der Waals surface area contributed by atoms with Crippen molar-refractivity contribution in [3.05, 3.63) is 59.7 Å². The Hall–Kier alpha value is -2.83. The zero-order valence-corrected chi connectivity index (χ0v) is 12.1. The van der Waals surface area contributed by atoms with E-state index in [0.29, 0.717) is 11.3 Å². The summed E-state index contributed by atoms with van der Waals surface area (Å²) in [6.07, 6.45) is -4.39. The topological polar surface area (TPSA) is 64.7 Å². The molecule has 0 atom stereocenters. The maximum absolute atomic E-state index is 12.5. The number of carbonyl (C=O) groups excluding carboxylic acids is 1. The molecule has 0 aromatic heterocycles. The molecule has 0 aliphatic heterocycles. The van der Waals surface area contributed by atoms with Crippen LogP contribution in [0.2, 0.25) is 0 Å². The first-order valence-corrected chi connectivity index (χ1v) is 6.55. The lowest BCUT2D eigenvalue weighted by molar-refractivity contribution is -0.137. The van der Waals surface area contributed by atoms with Crippen molar-refractivity contribution < 1.29 is 22.7 Å². The van der Waals surface area contributed by atoms with Gasteiger partial charge in [0.05, 0.1) is 5.56 Å². The van der Waals surface area contributed by atoms with Crippen molar-refractivity contribution in [2.24, 2.45) is 10.9 Å². The number of hydrogen-bond donors (Lipinski definition) is 1. The molecular weight excluding hydrogens is 309 g/mol. The highest BCUT2D eigenvalue weighted by Gasteiger charge is 2.30. The molecule has 0 heterocycles. The predicted octanol–water partition coefficient (Wildman–Crippen LogP) is 4.02. The van der Waals surface area contributed by atoms with Crippen LogP contribution in [-0.4, -0.2) is 11.5 Å². The lowest BCUT2D eigenvalue weighted by Crippen LogP contribution is -2.12. The first-order valence-electron chi connectivity index (χ1n) is 6.55. The molecule has 0 saturated heterocycles. The number of Topliss-reactive ketones (excluding diaryl/α,β-unsaturated/α-hetero) is 1. The van der Waals surface area contributed by atoms with Gasteiger partial charge in [0.1, 0.15) is 17.2 Å². The van der Waals surface area contributed by atoms with E-state index in [9.17, 15) is 18.0 Å². The summed E-state index contributed by atoms with van der Waals surface area (Å²) in [6, 6.07) is 10.5. The van der Waals surface area contributed by atoms with Gasteiger partial charge in [0.2, 0.25) is 5.78 Å². The first kappa shape index (κ1) is 16.5. The van der Waals surface area contributed by atoms with Crippen molar-refractivity contribution in [2.45, 2.75) is 13.1 Å². The van der Waals surface area contributed by atoms with E-state index in [-0.39, 0.29) is 17.2 Å². The van der Waals surface area contributed by atoms with E-state index < -0.39 is 11.7 Å². The van der Waals surface area contributed by atoms with Crippen LogP contribution in [0, 0.1) is 0 Å². The van der Waals surface area contributed by atoms with E-state index >= 15 is 0 Å². The zero-order chi connectivity index (χ0) is 17.0. The maximum Gasteiger partial charge on any atom is 0.416 e. The van der Waals surface area contributed by atoms with Crippen LogP contribution in [-0.2, 0) is 6.18 Å². The Bertz CT molecular complexity index is 720. The molecular formula is C16H13F3N2O2. The lowest BCUT2D eigenvalue weighted by Gasteiger charge is -2.09. The molecule has 0 spiro atoms. The van der Waals surface area contributed by atoms with Crippen LogP contribution < -0.4 is 10.6 Å². The smallest absolute Gasteiger partial charge is 0.416 e. The van der Waals surface area contributed by atoms with E-state index in [4.69, 9.17) is 10.6 Å². The Morgan fingerprint density at radius 1 is 1.00 bits per heavy atom. The van der Waals surface area contributed by atoms with Crippen LogP contribution in [0.4, 0.5) is 13.2 Å². The second-order valence-corrected chi connectivity index (χ2v) is 4.69. The standard InChI is InChI=1S/C16H13F3N2O2/c1-10(21-20)15(22)11-2-6-13(7-3-11)23-14-8-4-12(5-9-14)16(17,18)19/h2-9H,20H2,1H3. The van der Waals surface area contributed by atoms with Gasteiger partial charge >= 0.3 is 6.18 Å². The normalized spacial score (nSPS) is 12.1. The number of nitrogens with two attached hydrogens (primary N) is 1. The minimum atomic E-state index is -4.39. The number of hydrogen-bond acceptors (Lipinski definition) is 4. The van der Waals surface area contributed by atoms with Crippen molar-refractivity contribution in [3.63, 3.8) is 0 Å². The molecule has 23 heavy (non-hydrogen) atoms. The van der Waals surface area contributed by atoms with Gasteiger partial charge < -0.3 is 10.6 Å². The van der Waals surface area contributed by atoms with Crippen LogP contribution in [0.25, 0.3) is 0 Å². The van der Waals surface area contributed by atoms with E-state index in [0.717, 1.165) is 12.1 Å². The van der Waals surface area contributed by atoms with Gasteiger partial charge in [-0.15, -0.1) is 0 Å². The zero-order valence-electron chi connectivity index (χ0n) is 12.1. The fraction of sp³-hybridized carbons (Fsp3) is 0.125. The average molecular weight is 322 g/mol. The second kappa shape index (κ2) is 6.51. The number of ether oxygens (including phenoxy) is 1. The minimum absolute atomic E-state index is 0.168. The van der Waals surface area contributed by atoms with Gasteiger partial charge in [-0.2, -0.15) is 18.3 Å². The largest absolute Gasteiger partial charge is 0.457 e. The van der Waals surface area contributed by atoms with Crippen LogP contribution in [0.5, 0.6) is 11.5 Å². The third-order valence-electron chi connectivity index (χ3n) is 3.06. The van der Waals surface area contributed by atoms with Crippen molar-refractivity contribution >= 4 is 11.5 Å². The minimum Gasteiger partial charge on any atom is -0.457 e. The summed E-state index contributed by atoms with van der Waals surface area (Å²) in [5.41, 5.74) is -0.194. The highest BCUT2D eigenvalue weighted by Crippen LogP contribution is 2.31. The van der Waals surface area contributed by atoms with Gasteiger partial charge in [0.25, 0.3) is 0 Å². The molecule has 2 aromatic carbocycles. The van der Waals surface area contributed by atoms with Crippen molar-refractivity contribution in [2.75, 3.05) is 0 Å². The Labute approximate surface area is 130 Å². The summed E-state index contributed by atoms with van der Waals surface area (Å²) in [5, 5.41) is 3.33. The molecule has 0 aliphatic carbocycles. The summed E-state index contributed by atoms with van der Waals surface area (Å²) < 4.78 is 42.8. The quantitative estimate of drug-likeness (QED) is 0.400. The maximum atomic E-state index is 12.5. The molecule has 0 saturated carbocycles. The van der Waals surface area contributed by atoms with E-state index in [1.807, 2.05) is 0 Å². The molecule has 0 radical (unpaired) electrons. The fourth-order valence-electron chi connectivity index (χ4n) is 1.79. The Kier molecular flexibility index (Phi) is 4.68. The van der Waals surface area contributed by atoms with Gasteiger partial charge in [-0.3, -0.25) is 4.79 Å². The SMILES string of the molecule is CC(=NN)C(=O)c1ccc(Oc2ccc(C(F)(F)F)cc2)cc1. The van der Waals surface area contributed by atoms with Gasteiger partial charge in [-0.25, -0.2) is 0 Å². The van der Waals surface area contributed by atoms with Gasteiger partial charge in [0.15, 0.2) is 0 Å². The predicted molar refractivity (Wildman–Crippen MR) is 79.6 cm³/mol. The highest BCUT2D eigenvalue weighted by atomic mass is 19.4. The second-order valence-electron chi connectivity index (χ2n) is 4.69. The Morgan fingerprint density at radius 3 is 1.91 bits per heavy atom. The van der Waals surface area contributed by atoms with Gasteiger partial charge in [-0.05, 0) is 55.5 Å².